The molecule has 0 spiro atoms. The number of nitrogens with zero attached hydrogens (tertiary/aromatic N) is 3. The molecule has 1 fully saturated rings. The molecule has 2 aromatic rings. The monoisotopic (exact) mass is 437 g/mol. The predicted molar refractivity (Wildman–Crippen MR) is 116 cm³/mol. The fourth-order valence-electron chi connectivity index (χ4n) is 4.67. The minimum Gasteiger partial charge on any atom is -0.408 e. The second-order valence-electron chi connectivity index (χ2n) is 9.33. The minimum atomic E-state index is -0.931. The van der Waals surface area contributed by atoms with Crippen molar-refractivity contribution in [2.75, 3.05) is 6.54 Å². The molecule has 1 atom stereocenters. The Labute approximate surface area is 186 Å². The Morgan fingerprint density at radius 1 is 1.12 bits per heavy atom. The fourth-order valence-corrected chi connectivity index (χ4v) is 4.67. The molecule has 9 heteroatoms. The van der Waals surface area contributed by atoms with Crippen molar-refractivity contribution in [1.82, 2.24) is 9.63 Å². The summed E-state index contributed by atoms with van der Waals surface area (Å²) >= 11 is 0. The Bertz CT molecular complexity index is 1120. The zero-order chi connectivity index (χ0) is 23.2. The predicted octanol–water partition coefficient (Wildman–Crippen LogP) is 3.77. The first-order chi connectivity index (χ1) is 15.1. The van der Waals surface area contributed by atoms with Gasteiger partial charge in [-0.1, -0.05) is 32.9 Å². The van der Waals surface area contributed by atoms with Crippen molar-refractivity contribution in [2.45, 2.75) is 52.1 Å². The quantitative estimate of drug-likeness (QED) is 0.747. The van der Waals surface area contributed by atoms with Crippen molar-refractivity contribution in [1.29, 1.82) is 5.26 Å². The van der Waals surface area contributed by atoms with Gasteiger partial charge >= 0.3 is 12.2 Å². The highest BCUT2D eigenvalue weighted by Crippen LogP contribution is 2.55. The number of nitrogens with two attached hydrogens (primary N) is 2. The van der Waals surface area contributed by atoms with Crippen molar-refractivity contribution >= 4 is 12.2 Å². The molecule has 4 N–H and O–H groups in total. The third-order valence-electron chi connectivity index (χ3n) is 5.86. The number of hydroxylamine groups is 2. The molecule has 168 valence electrons. The molecule has 1 aromatic carbocycles. The maximum absolute atomic E-state index is 12.0. The summed E-state index contributed by atoms with van der Waals surface area (Å²) in [7, 11) is 0. The fraction of sp³-hybridized carbons (Fsp3) is 0.435. The molecule has 9 nitrogen and oxygen atoms in total. The van der Waals surface area contributed by atoms with Gasteiger partial charge in [-0.05, 0) is 36.0 Å². The zero-order valence-electron chi connectivity index (χ0n) is 18.4. The van der Waals surface area contributed by atoms with Crippen molar-refractivity contribution in [3.05, 3.63) is 41.2 Å². The standard InChI is InChI=1S/C23H27N5O4/c1-23(2,3)20-18-19(31-21(25)29)16(15-6-4-5-13(11-15)12-24)17(14-7-8-14)27(18)9-10-28(20)32-22(26)30/h4-6,11,14,20H,7-10H2,1-3H3,(H2,25,29)(H2,26,30). The molecule has 1 aromatic heterocycles. The summed E-state index contributed by atoms with van der Waals surface area (Å²) in [4.78, 5) is 29.0. The molecule has 1 saturated carbocycles. The van der Waals surface area contributed by atoms with Crippen molar-refractivity contribution in [3.8, 4) is 22.9 Å². The summed E-state index contributed by atoms with van der Waals surface area (Å²) < 4.78 is 7.81. The van der Waals surface area contributed by atoms with Crippen LogP contribution >= 0.6 is 0 Å². The van der Waals surface area contributed by atoms with E-state index >= 15 is 0 Å². The Balaban J connectivity index is 2.02. The molecule has 1 aliphatic carbocycles. The average Bonchev–Trinajstić information content (AvgIpc) is 3.49. The van der Waals surface area contributed by atoms with Gasteiger partial charge in [0.25, 0.3) is 0 Å². The van der Waals surface area contributed by atoms with Gasteiger partial charge in [-0.2, -0.15) is 5.26 Å². The lowest BCUT2D eigenvalue weighted by Gasteiger charge is -2.42. The summed E-state index contributed by atoms with van der Waals surface area (Å²) in [6.07, 6.45) is 0.207. The smallest absolute Gasteiger partial charge is 0.408 e. The van der Waals surface area contributed by atoms with Gasteiger partial charge in [-0.3, -0.25) is 0 Å². The average molecular weight is 438 g/mol. The lowest BCUT2D eigenvalue weighted by Crippen LogP contribution is -2.46. The van der Waals surface area contributed by atoms with E-state index in [2.05, 4.69) is 10.6 Å². The van der Waals surface area contributed by atoms with E-state index in [1.807, 2.05) is 26.8 Å². The number of carbonyl (C=O) groups excluding carboxylic acids is 2. The SMILES string of the molecule is CC(C)(C)C1c2c(OC(N)=O)c(-c3cccc(C#N)c3)c(C3CC3)n2CCN1OC(N)=O. The van der Waals surface area contributed by atoms with Gasteiger partial charge in [0.05, 0.1) is 29.9 Å². The maximum Gasteiger partial charge on any atom is 0.423 e. The highest BCUT2D eigenvalue weighted by molar-refractivity contribution is 5.81. The summed E-state index contributed by atoms with van der Waals surface area (Å²) in [5, 5.41) is 11.0. The van der Waals surface area contributed by atoms with Crippen molar-refractivity contribution in [2.24, 2.45) is 16.9 Å². The largest absolute Gasteiger partial charge is 0.423 e. The van der Waals surface area contributed by atoms with Crippen LogP contribution < -0.4 is 16.2 Å². The van der Waals surface area contributed by atoms with Crippen LogP contribution in [0.4, 0.5) is 9.59 Å². The zero-order valence-corrected chi connectivity index (χ0v) is 18.4. The Morgan fingerprint density at radius 3 is 2.41 bits per heavy atom. The molecular weight excluding hydrogens is 410 g/mol. The maximum atomic E-state index is 12.0. The number of amides is 2. The van der Waals surface area contributed by atoms with Crippen LogP contribution in [0.15, 0.2) is 24.3 Å². The van der Waals surface area contributed by atoms with Crippen LogP contribution in [0.5, 0.6) is 5.75 Å². The molecule has 32 heavy (non-hydrogen) atoms. The summed E-state index contributed by atoms with van der Waals surface area (Å²) in [6, 6.07) is 8.93. The minimum absolute atomic E-state index is 0.309. The molecule has 0 radical (unpaired) electrons. The molecule has 2 amide bonds. The molecule has 2 aliphatic rings. The van der Waals surface area contributed by atoms with Gasteiger partial charge in [0.15, 0.2) is 5.75 Å². The second kappa shape index (κ2) is 7.88. The first-order valence-corrected chi connectivity index (χ1v) is 10.6. The van der Waals surface area contributed by atoms with Gasteiger partial charge in [-0.25, -0.2) is 9.59 Å². The van der Waals surface area contributed by atoms with Gasteiger partial charge in [0.1, 0.15) is 0 Å². The number of rotatable bonds is 4. The Kier molecular flexibility index (Phi) is 5.34. The van der Waals surface area contributed by atoms with Gasteiger partial charge in [0.2, 0.25) is 0 Å². The molecular formula is C23H27N5O4. The van der Waals surface area contributed by atoms with E-state index in [4.69, 9.17) is 21.0 Å². The number of ether oxygens (including phenoxy) is 1. The Hall–Kier alpha value is -3.51. The van der Waals surface area contributed by atoms with E-state index < -0.39 is 23.6 Å². The van der Waals surface area contributed by atoms with E-state index in [0.717, 1.165) is 29.7 Å². The molecule has 4 rings (SSSR count). The number of aromatic nitrogens is 1. The number of primary amides is 2. The molecule has 0 saturated heterocycles. The third kappa shape index (κ3) is 3.89. The number of carbonyl (C=O) groups is 2. The first kappa shape index (κ1) is 21.7. The highest BCUT2D eigenvalue weighted by atomic mass is 16.7. The number of fused-ring (bicyclic) bond motifs is 1. The van der Waals surface area contributed by atoms with E-state index in [1.165, 1.54) is 0 Å². The van der Waals surface area contributed by atoms with Gasteiger partial charge < -0.3 is 25.6 Å². The summed E-state index contributed by atoms with van der Waals surface area (Å²) in [5.74, 6) is 0.649. The number of nitriles is 1. The highest BCUT2D eigenvalue weighted by Gasteiger charge is 2.46. The van der Waals surface area contributed by atoms with E-state index in [1.54, 1.807) is 23.3 Å². The third-order valence-corrected chi connectivity index (χ3v) is 5.86. The molecule has 2 heterocycles. The van der Waals surface area contributed by atoms with Gasteiger partial charge in [-0.15, -0.1) is 5.06 Å². The van der Waals surface area contributed by atoms with Crippen molar-refractivity contribution in [3.63, 3.8) is 0 Å². The van der Waals surface area contributed by atoms with Crippen LogP contribution in [-0.2, 0) is 11.4 Å². The normalized spacial score (nSPS) is 18.5. The number of benzene rings is 1. The van der Waals surface area contributed by atoms with Gasteiger partial charge in [0, 0.05) is 23.7 Å². The Morgan fingerprint density at radius 2 is 1.84 bits per heavy atom. The summed E-state index contributed by atoms with van der Waals surface area (Å²) in [5.41, 5.74) is 14.2. The van der Waals surface area contributed by atoms with Crippen LogP contribution in [0.3, 0.4) is 0 Å². The summed E-state index contributed by atoms with van der Waals surface area (Å²) in [6.45, 7) is 6.99. The second-order valence-corrected chi connectivity index (χ2v) is 9.33. The van der Waals surface area contributed by atoms with E-state index in [0.29, 0.717) is 36.0 Å². The number of hydrogen-bond acceptors (Lipinski definition) is 6. The first-order valence-electron chi connectivity index (χ1n) is 10.6. The van der Waals surface area contributed by atoms with Crippen molar-refractivity contribution < 1.29 is 19.2 Å². The molecule has 1 unspecified atom stereocenters. The number of hydrogen-bond donors (Lipinski definition) is 2. The lowest BCUT2D eigenvalue weighted by atomic mass is 9.83. The van der Waals surface area contributed by atoms with E-state index in [9.17, 15) is 14.9 Å². The van der Waals surface area contributed by atoms with Crippen LogP contribution in [-0.4, -0.2) is 28.4 Å². The molecule has 0 bridgehead atoms. The molecule has 1 aliphatic heterocycles. The van der Waals surface area contributed by atoms with Crippen LogP contribution in [0, 0.1) is 16.7 Å². The topological polar surface area (TPSA) is 137 Å². The van der Waals surface area contributed by atoms with Crippen LogP contribution in [0.25, 0.3) is 11.1 Å². The van der Waals surface area contributed by atoms with Crippen LogP contribution in [0.1, 0.15) is 62.5 Å². The lowest BCUT2D eigenvalue weighted by molar-refractivity contribution is -0.168. The van der Waals surface area contributed by atoms with E-state index in [-0.39, 0.29) is 0 Å². The van der Waals surface area contributed by atoms with Crippen LogP contribution in [0.2, 0.25) is 0 Å².